The molecule has 9 nitrogen and oxygen atoms in total. The maximum atomic E-state index is 12.8. The van der Waals surface area contributed by atoms with Gasteiger partial charge in [0.1, 0.15) is 6.54 Å². The zero-order valence-electron chi connectivity index (χ0n) is 14.8. The van der Waals surface area contributed by atoms with Gasteiger partial charge in [-0.1, -0.05) is 24.3 Å². The van der Waals surface area contributed by atoms with Crippen molar-refractivity contribution in [2.45, 2.75) is 4.90 Å². The minimum Gasteiger partial charge on any atom is -0.271 e. The number of nitro benzene ring substituents is 1. The van der Waals surface area contributed by atoms with Gasteiger partial charge in [-0.25, -0.2) is 13.8 Å². The largest absolute Gasteiger partial charge is 0.271 e. The summed E-state index contributed by atoms with van der Waals surface area (Å²) < 4.78 is 26.7. The van der Waals surface area contributed by atoms with Crippen LogP contribution in [-0.2, 0) is 14.8 Å². The van der Waals surface area contributed by atoms with Crippen LogP contribution in [0.4, 0.5) is 11.4 Å². The number of nitrogens with one attached hydrogen (secondary N) is 1. The Balaban J connectivity index is 1.49. The Morgan fingerprint density at radius 1 is 1.10 bits per heavy atom. The lowest BCUT2D eigenvalue weighted by molar-refractivity contribution is -0.384. The molecule has 1 aliphatic heterocycles. The standard InChI is InChI=1S/C19H14N4O5S/c24-18(21-20-11-13-7-9-15(10-8-13)23(25)26)12-22-16-5-1-3-14-4-2-6-17(19(14)16)29(22,27)28/h1-11H,12H2,(H,21,24)/b20-11-. The minimum atomic E-state index is -3.83. The van der Waals surface area contributed by atoms with E-state index in [-0.39, 0.29) is 10.6 Å². The van der Waals surface area contributed by atoms with E-state index in [0.29, 0.717) is 16.6 Å². The molecule has 0 aromatic heterocycles. The molecule has 0 aliphatic carbocycles. The average molecular weight is 410 g/mol. The Labute approximate surface area is 165 Å². The minimum absolute atomic E-state index is 0.0563. The summed E-state index contributed by atoms with van der Waals surface area (Å²) in [6, 6.07) is 15.8. The van der Waals surface area contributed by atoms with Gasteiger partial charge in [0.25, 0.3) is 21.6 Å². The Hall–Kier alpha value is -3.79. The lowest BCUT2D eigenvalue weighted by atomic mass is 10.1. The number of anilines is 1. The molecule has 3 aromatic carbocycles. The molecule has 1 N–H and O–H groups in total. The first-order valence-electron chi connectivity index (χ1n) is 8.49. The topological polar surface area (TPSA) is 122 Å². The molecule has 0 radical (unpaired) electrons. The summed E-state index contributed by atoms with van der Waals surface area (Å²) in [7, 11) is -3.83. The highest BCUT2D eigenvalue weighted by atomic mass is 32.2. The van der Waals surface area contributed by atoms with E-state index in [2.05, 4.69) is 10.5 Å². The third-order valence-electron chi connectivity index (χ3n) is 4.48. The van der Waals surface area contributed by atoms with Gasteiger partial charge < -0.3 is 0 Å². The lowest BCUT2D eigenvalue weighted by Gasteiger charge is -2.17. The van der Waals surface area contributed by atoms with Crippen molar-refractivity contribution in [3.63, 3.8) is 0 Å². The van der Waals surface area contributed by atoms with E-state index in [9.17, 15) is 23.3 Å². The molecule has 0 bridgehead atoms. The molecule has 0 fully saturated rings. The average Bonchev–Trinajstić information content (AvgIpc) is 2.92. The van der Waals surface area contributed by atoms with Gasteiger partial charge in [0.15, 0.2) is 0 Å². The molecule has 1 amide bonds. The second-order valence-electron chi connectivity index (χ2n) is 6.28. The number of non-ortho nitro benzene ring substituents is 1. The van der Waals surface area contributed by atoms with Crippen LogP contribution in [0, 0.1) is 10.1 Å². The van der Waals surface area contributed by atoms with Gasteiger partial charge in [0.05, 0.1) is 21.7 Å². The van der Waals surface area contributed by atoms with E-state index < -0.39 is 27.4 Å². The Morgan fingerprint density at radius 2 is 1.79 bits per heavy atom. The first-order chi connectivity index (χ1) is 13.9. The molecule has 0 atom stereocenters. The molecule has 0 saturated heterocycles. The fourth-order valence-electron chi connectivity index (χ4n) is 3.16. The van der Waals surface area contributed by atoms with Gasteiger partial charge in [-0.15, -0.1) is 0 Å². The third kappa shape index (κ3) is 3.29. The molecule has 4 rings (SSSR count). The van der Waals surface area contributed by atoms with Gasteiger partial charge in [0, 0.05) is 17.5 Å². The molecular weight excluding hydrogens is 396 g/mol. The van der Waals surface area contributed by atoms with Gasteiger partial charge in [-0.3, -0.25) is 19.2 Å². The summed E-state index contributed by atoms with van der Waals surface area (Å²) in [4.78, 5) is 22.6. The van der Waals surface area contributed by atoms with Crippen molar-refractivity contribution in [2.24, 2.45) is 5.10 Å². The number of nitro groups is 1. The van der Waals surface area contributed by atoms with Gasteiger partial charge in [0.2, 0.25) is 0 Å². The Morgan fingerprint density at radius 3 is 2.48 bits per heavy atom. The predicted octanol–water partition coefficient (Wildman–Crippen LogP) is 2.41. The predicted molar refractivity (Wildman–Crippen MR) is 107 cm³/mol. The van der Waals surface area contributed by atoms with E-state index in [1.807, 2.05) is 12.1 Å². The third-order valence-corrected chi connectivity index (χ3v) is 6.28. The van der Waals surface area contributed by atoms with Crippen LogP contribution in [0.1, 0.15) is 5.56 Å². The van der Waals surface area contributed by atoms with Crippen molar-refractivity contribution in [3.8, 4) is 0 Å². The summed E-state index contributed by atoms with van der Waals surface area (Å²) >= 11 is 0. The fraction of sp³-hybridized carbons (Fsp3) is 0.0526. The van der Waals surface area contributed by atoms with Crippen molar-refractivity contribution in [2.75, 3.05) is 10.8 Å². The van der Waals surface area contributed by atoms with E-state index in [4.69, 9.17) is 0 Å². The zero-order valence-corrected chi connectivity index (χ0v) is 15.7. The number of carbonyl (C=O) groups excluding carboxylic acids is 1. The smallest absolute Gasteiger partial charge is 0.269 e. The Kier molecular flexibility index (Phi) is 4.47. The SMILES string of the molecule is O=C(CN1c2cccc3cccc(c23)S1(=O)=O)N/N=C\c1ccc([N+](=O)[O-])cc1. The molecule has 29 heavy (non-hydrogen) atoms. The molecule has 1 heterocycles. The van der Waals surface area contributed by atoms with Crippen LogP contribution in [0.2, 0.25) is 0 Å². The first kappa shape index (κ1) is 18.6. The fourth-order valence-corrected chi connectivity index (χ4v) is 4.82. The first-order valence-corrected chi connectivity index (χ1v) is 9.93. The number of amides is 1. The molecule has 0 saturated carbocycles. The number of benzene rings is 3. The summed E-state index contributed by atoms with van der Waals surface area (Å²) in [5.41, 5.74) is 3.22. The molecule has 10 heteroatoms. The maximum absolute atomic E-state index is 12.8. The van der Waals surface area contributed by atoms with Crippen LogP contribution in [0.25, 0.3) is 10.8 Å². The summed E-state index contributed by atoms with van der Waals surface area (Å²) in [6.07, 6.45) is 1.32. The Bertz CT molecular complexity index is 1260. The van der Waals surface area contributed by atoms with Crippen LogP contribution in [-0.4, -0.2) is 32.0 Å². The van der Waals surface area contributed by atoms with E-state index in [1.165, 1.54) is 36.5 Å². The number of hydrogen-bond donors (Lipinski definition) is 1. The number of rotatable bonds is 5. The molecule has 0 spiro atoms. The molecule has 0 unspecified atom stereocenters. The number of hydrazone groups is 1. The van der Waals surface area contributed by atoms with Crippen molar-refractivity contribution in [1.29, 1.82) is 0 Å². The molecular formula is C19H14N4O5S. The normalized spacial score (nSPS) is 14.4. The molecule has 3 aromatic rings. The van der Waals surface area contributed by atoms with E-state index in [1.54, 1.807) is 18.2 Å². The monoisotopic (exact) mass is 410 g/mol. The van der Waals surface area contributed by atoms with Crippen molar-refractivity contribution < 1.29 is 18.1 Å². The lowest BCUT2D eigenvalue weighted by Crippen LogP contribution is -2.37. The van der Waals surface area contributed by atoms with Crippen LogP contribution >= 0.6 is 0 Å². The highest BCUT2D eigenvalue weighted by Crippen LogP contribution is 2.41. The zero-order chi connectivity index (χ0) is 20.6. The summed E-state index contributed by atoms with van der Waals surface area (Å²) in [5.74, 6) is -0.614. The van der Waals surface area contributed by atoms with Gasteiger partial charge >= 0.3 is 0 Å². The number of sulfonamides is 1. The van der Waals surface area contributed by atoms with Gasteiger partial charge in [-0.2, -0.15) is 5.10 Å². The quantitative estimate of drug-likeness (QED) is 0.393. The van der Waals surface area contributed by atoms with Crippen LogP contribution in [0.3, 0.4) is 0 Å². The van der Waals surface area contributed by atoms with Gasteiger partial charge in [-0.05, 0) is 35.2 Å². The number of carbonyl (C=O) groups is 1. The number of hydrogen-bond acceptors (Lipinski definition) is 6. The molecule has 1 aliphatic rings. The van der Waals surface area contributed by atoms with Crippen molar-refractivity contribution >= 4 is 44.3 Å². The van der Waals surface area contributed by atoms with E-state index in [0.717, 1.165) is 9.69 Å². The second-order valence-corrected chi connectivity index (χ2v) is 8.12. The second kappa shape index (κ2) is 6.99. The van der Waals surface area contributed by atoms with Crippen LogP contribution in [0.5, 0.6) is 0 Å². The molecule has 146 valence electrons. The summed E-state index contributed by atoms with van der Waals surface area (Å²) in [5, 5.41) is 15.8. The van der Waals surface area contributed by atoms with Crippen molar-refractivity contribution in [3.05, 3.63) is 76.3 Å². The maximum Gasteiger partial charge on any atom is 0.269 e. The summed E-state index contributed by atoms with van der Waals surface area (Å²) in [6.45, 7) is -0.423. The van der Waals surface area contributed by atoms with Crippen molar-refractivity contribution in [1.82, 2.24) is 5.43 Å². The highest BCUT2D eigenvalue weighted by molar-refractivity contribution is 7.93. The number of nitrogens with zero attached hydrogens (tertiary/aromatic N) is 3. The highest BCUT2D eigenvalue weighted by Gasteiger charge is 2.36. The van der Waals surface area contributed by atoms with E-state index >= 15 is 0 Å². The van der Waals surface area contributed by atoms with Crippen LogP contribution in [0.15, 0.2) is 70.7 Å². The van der Waals surface area contributed by atoms with Crippen LogP contribution < -0.4 is 9.73 Å².